The van der Waals surface area contributed by atoms with E-state index in [0.29, 0.717) is 16.8 Å². The number of nitrogens with one attached hydrogen (secondary N) is 1. The SMILES string of the molecule is Cc1cc(Br)ccc1NC(=O)CN=Cc1c(CO)cnc(C)c1O. The van der Waals surface area contributed by atoms with Crippen molar-refractivity contribution in [2.24, 2.45) is 4.99 Å². The summed E-state index contributed by atoms with van der Waals surface area (Å²) in [4.78, 5) is 20.0. The first-order valence-electron chi connectivity index (χ1n) is 7.26. The summed E-state index contributed by atoms with van der Waals surface area (Å²) in [7, 11) is 0. The van der Waals surface area contributed by atoms with Gasteiger partial charge in [0, 0.05) is 33.7 Å². The average Bonchev–Trinajstić information content (AvgIpc) is 2.54. The van der Waals surface area contributed by atoms with Gasteiger partial charge >= 0.3 is 0 Å². The van der Waals surface area contributed by atoms with Crippen molar-refractivity contribution in [1.29, 1.82) is 0 Å². The van der Waals surface area contributed by atoms with Gasteiger partial charge in [-0.1, -0.05) is 15.9 Å². The van der Waals surface area contributed by atoms with E-state index in [1.54, 1.807) is 6.92 Å². The Morgan fingerprint density at radius 3 is 2.83 bits per heavy atom. The Balaban J connectivity index is 2.06. The molecule has 1 aromatic heterocycles. The average molecular weight is 392 g/mol. The molecule has 7 heteroatoms. The number of hydrogen-bond acceptors (Lipinski definition) is 5. The number of anilines is 1. The van der Waals surface area contributed by atoms with Gasteiger partial charge in [-0.3, -0.25) is 14.8 Å². The minimum atomic E-state index is -0.271. The van der Waals surface area contributed by atoms with Gasteiger partial charge in [0.1, 0.15) is 12.3 Å². The number of aromatic hydroxyl groups is 1. The highest BCUT2D eigenvalue weighted by Crippen LogP contribution is 2.22. The number of carbonyl (C=O) groups is 1. The molecule has 6 nitrogen and oxygen atoms in total. The van der Waals surface area contributed by atoms with Gasteiger partial charge in [0.15, 0.2) is 0 Å². The van der Waals surface area contributed by atoms with Gasteiger partial charge in [-0.2, -0.15) is 0 Å². The number of aliphatic hydroxyl groups excluding tert-OH is 1. The van der Waals surface area contributed by atoms with Crippen LogP contribution < -0.4 is 5.32 Å². The van der Waals surface area contributed by atoms with Gasteiger partial charge in [0.05, 0.1) is 12.3 Å². The van der Waals surface area contributed by atoms with Gasteiger partial charge in [-0.25, -0.2) is 0 Å². The fourth-order valence-corrected chi connectivity index (χ4v) is 2.57. The molecular formula is C17H18BrN3O3. The summed E-state index contributed by atoms with van der Waals surface area (Å²) in [5.74, 6) is -0.318. The van der Waals surface area contributed by atoms with E-state index in [2.05, 4.69) is 31.2 Å². The van der Waals surface area contributed by atoms with E-state index >= 15 is 0 Å². The predicted molar refractivity (Wildman–Crippen MR) is 96.5 cm³/mol. The second-order valence-electron chi connectivity index (χ2n) is 5.27. The van der Waals surface area contributed by atoms with Crippen LogP contribution in [0, 0.1) is 13.8 Å². The molecule has 1 amide bonds. The fourth-order valence-electron chi connectivity index (χ4n) is 2.10. The fraction of sp³-hybridized carbons (Fsp3) is 0.235. The maximum Gasteiger partial charge on any atom is 0.246 e. The minimum absolute atomic E-state index is 0.0468. The van der Waals surface area contributed by atoms with Gasteiger partial charge < -0.3 is 15.5 Å². The van der Waals surface area contributed by atoms with Gasteiger partial charge in [0.25, 0.3) is 0 Å². The third-order valence-electron chi connectivity index (χ3n) is 3.45. The lowest BCUT2D eigenvalue weighted by atomic mass is 10.1. The van der Waals surface area contributed by atoms with Crippen molar-refractivity contribution in [3.05, 3.63) is 51.3 Å². The number of aliphatic hydroxyl groups is 1. The zero-order valence-electron chi connectivity index (χ0n) is 13.4. The molecule has 0 saturated carbocycles. The number of aliphatic imine (C=N–C) groups is 1. The summed E-state index contributed by atoms with van der Waals surface area (Å²) < 4.78 is 0.941. The molecule has 2 aromatic rings. The van der Waals surface area contributed by atoms with Crippen LogP contribution in [0.4, 0.5) is 5.69 Å². The number of hydrogen-bond donors (Lipinski definition) is 3. The molecule has 0 saturated heterocycles. The van der Waals surface area contributed by atoms with Crippen molar-refractivity contribution >= 4 is 33.7 Å². The largest absolute Gasteiger partial charge is 0.505 e. The monoisotopic (exact) mass is 391 g/mol. The smallest absolute Gasteiger partial charge is 0.246 e. The van der Waals surface area contributed by atoms with Crippen LogP contribution >= 0.6 is 15.9 Å². The van der Waals surface area contributed by atoms with Crippen LogP contribution in [0.25, 0.3) is 0 Å². The maximum absolute atomic E-state index is 12.0. The number of halogens is 1. The molecule has 0 spiro atoms. The molecule has 2 rings (SSSR count). The van der Waals surface area contributed by atoms with E-state index in [4.69, 9.17) is 0 Å². The molecule has 1 aromatic carbocycles. The van der Waals surface area contributed by atoms with Crippen LogP contribution in [-0.2, 0) is 11.4 Å². The predicted octanol–water partition coefficient (Wildman–Crippen LogP) is 2.72. The Kier molecular flexibility index (Phi) is 6.05. The quantitative estimate of drug-likeness (QED) is 0.682. The van der Waals surface area contributed by atoms with Crippen molar-refractivity contribution in [1.82, 2.24) is 4.98 Å². The van der Waals surface area contributed by atoms with E-state index in [0.717, 1.165) is 15.7 Å². The summed E-state index contributed by atoms with van der Waals surface area (Å²) >= 11 is 3.37. The molecule has 24 heavy (non-hydrogen) atoms. The molecule has 0 unspecified atom stereocenters. The van der Waals surface area contributed by atoms with E-state index < -0.39 is 0 Å². The zero-order chi connectivity index (χ0) is 17.7. The summed E-state index contributed by atoms with van der Waals surface area (Å²) in [6.45, 7) is 3.18. The van der Waals surface area contributed by atoms with Crippen LogP contribution in [0.5, 0.6) is 5.75 Å². The van der Waals surface area contributed by atoms with Crippen molar-refractivity contribution in [3.8, 4) is 5.75 Å². The minimum Gasteiger partial charge on any atom is -0.505 e. The van der Waals surface area contributed by atoms with E-state index in [9.17, 15) is 15.0 Å². The van der Waals surface area contributed by atoms with Gasteiger partial charge in [-0.15, -0.1) is 0 Å². The molecule has 1 heterocycles. The molecule has 0 aliphatic carbocycles. The molecule has 0 atom stereocenters. The van der Waals surface area contributed by atoms with Crippen LogP contribution in [0.2, 0.25) is 0 Å². The first kappa shape index (κ1) is 18.1. The highest BCUT2D eigenvalue weighted by Gasteiger charge is 2.09. The van der Waals surface area contributed by atoms with E-state index in [1.165, 1.54) is 12.4 Å². The third kappa shape index (κ3) is 4.39. The molecule has 0 fully saturated rings. The Morgan fingerprint density at radius 1 is 1.42 bits per heavy atom. The number of nitrogens with zero attached hydrogens (tertiary/aromatic N) is 2. The Hall–Kier alpha value is -2.25. The van der Waals surface area contributed by atoms with Crippen LogP contribution in [0.15, 0.2) is 33.9 Å². The topological polar surface area (TPSA) is 94.8 Å². The van der Waals surface area contributed by atoms with Crippen molar-refractivity contribution < 1.29 is 15.0 Å². The van der Waals surface area contributed by atoms with Gasteiger partial charge in [0.2, 0.25) is 5.91 Å². The highest BCUT2D eigenvalue weighted by atomic mass is 79.9. The molecule has 0 radical (unpaired) electrons. The number of benzene rings is 1. The van der Waals surface area contributed by atoms with Crippen molar-refractivity contribution in [2.75, 3.05) is 11.9 Å². The number of pyridine rings is 1. The number of aryl methyl sites for hydroxylation is 2. The van der Waals surface area contributed by atoms with Crippen LogP contribution in [-0.4, -0.2) is 33.9 Å². The number of amides is 1. The number of carbonyl (C=O) groups excluding carboxylic acids is 1. The van der Waals surface area contributed by atoms with Crippen LogP contribution in [0.1, 0.15) is 22.4 Å². The molecule has 0 bridgehead atoms. The number of rotatable bonds is 5. The van der Waals surface area contributed by atoms with Gasteiger partial charge in [-0.05, 0) is 37.6 Å². The summed E-state index contributed by atoms with van der Waals surface area (Å²) in [5.41, 5.74) is 2.91. The lowest BCUT2D eigenvalue weighted by molar-refractivity contribution is -0.114. The van der Waals surface area contributed by atoms with E-state index in [-0.39, 0.29) is 24.8 Å². The molecular weight excluding hydrogens is 374 g/mol. The Bertz CT molecular complexity index is 791. The molecule has 3 N–H and O–H groups in total. The first-order chi connectivity index (χ1) is 11.4. The molecule has 0 aliphatic rings. The summed E-state index contributed by atoms with van der Waals surface area (Å²) in [6.07, 6.45) is 2.85. The van der Waals surface area contributed by atoms with E-state index in [1.807, 2.05) is 25.1 Å². The first-order valence-corrected chi connectivity index (χ1v) is 8.05. The van der Waals surface area contributed by atoms with Crippen molar-refractivity contribution in [2.45, 2.75) is 20.5 Å². The Labute approximate surface area is 148 Å². The lowest BCUT2D eigenvalue weighted by Crippen LogP contribution is -2.15. The Morgan fingerprint density at radius 2 is 2.17 bits per heavy atom. The highest BCUT2D eigenvalue weighted by molar-refractivity contribution is 9.10. The summed E-state index contributed by atoms with van der Waals surface area (Å²) in [6, 6.07) is 5.56. The van der Waals surface area contributed by atoms with Crippen LogP contribution in [0.3, 0.4) is 0 Å². The maximum atomic E-state index is 12.0. The molecule has 126 valence electrons. The standard InChI is InChI=1S/C17H18BrN3O3/c1-10-5-13(18)3-4-15(10)21-16(23)8-19-7-14-12(9-22)6-20-11(2)17(14)24/h3-7,22,24H,8-9H2,1-2H3,(H,21,23). The molecule has 0 aliphatic heterocycles. The van der Waals surface area contributed by atoms with Crippen molar-refractivity contribution in [3.63, 3.8) is 0 Å². The normalized spacial score (nSPS) is 11.0. The second kappa shape index (κ2) is 8.03. The summed E-state index contributed by atoms with van der Waals surface area (Å²) in [5, 5.41) is 22.1. The third-order valence-corrected chi connectivity index (χ3v) is 3.94. The lowest BCUT2D eigenvalue weighted by Gasteiger charge is -2.08. The number of aromatic nitrogens is 1. The second-order valence-corrected chi connectivity index (χ2v) is 6.18. The zero-order valence-corrected chi connectivity index (χ0v) is 15.0.